The van der Waals surface area contributed by atoms with Crippen molar-refractivity contribution in [1.82, 2.24) is 4.00 Å². The first-order chi connectivity index (χ1) is 8.32. The van der Waals surface area contributed by atoms with Gasteiger partial charge in [0.25, 0.3) is 0 Å². The largest absolute Gasteiger partial charge is 0.310 e. The van der Waals surface area contributed by atoms with Gasteiger partial charge in [-0.15, -0.1) is 0 Å². The third kappa shape index (κ3) is 5.89. The average molecular weight is 432 g/mol. The zero-order valence-electron chi connectivity index (χ0n) is 13.9. The van der Waals surface area contributed by atoms with Crippen molar-refractivity contribution in [3.05, 3.63) is 0 Å². The van der Waals surface area contributed by atoms with E-state index in [0.29, 0.717) is 0 Å². The molecular weight excluding hydrogens is 405 g/mol. The summed E-state index contributed by atoms with van der Waals surface area (Å²) in [7, 11) is -5.39. The molecule has 0 heterocycles. The minimum atomic E-state index is -2.72. The van der Waals surface area contributed by atoms with E-state index in [1.165, 1.54) is 0 Å². The Labute approximate surface area is 147 Å². The van der Waals surface area contributed by atoms with Gasteiger partial charge in [0.05, 0.1) is 0 Å². The van der Waals surface area contributed by atoms with Crippen LogP contribution in [0.2, 0.25) is 58.9 Å². The van der Waals surface area contributed by atoms with Gasteiger partial charge in [0.2, 0.25) is 3.53 Å². The Hall–Kier alpha value is 2.00. The summed E-state index contributed by atoms with van der Waals surface area (Å²) in [6, 6.07) is 0. The molecule has 0 radical (unpaired) electrons. The monoisotopic (exact) mass is 430 g/mol. The van der Waals surface area contributed by atoms with Crippen LogP contribution in [0.25, 0.3) is 0 Å². The van der Waals surface area contributed by atoms with Crippen LogP contribution in [0, 0.1) is 0 Å². The maximum Gasteiger partial charge on any atom is 0.248 e. The fourth-order valence-corrected chi connectivity index (χ4v) is 31.7. The van der Waals surface area contributed by atoms with Crippen LogP contribution in [0.15, 0.2) is 4.41 Å². The normalized spacial score (nSPS) is 18.1. The number of rotatable bonds is 4. The summed E-state index contributed by atoms with van der Waals surface area (Å²) < 4.78 is 5.79. The van der Waals surface area contributed by atoms with E-state index >= 15 is 0 Å². The molecule has 0 aliphatic carbocycles. The highest BCUT2D eigenvalue weighted by Gasteiger charge is 2.53. The standard InChI is InChI=1S/C10H27Cl4N2PSi3/c1-18(2,3)15-17(14,10(11,12)13)16(19(4,5)6)20(7,8)9/h1-9H3. The molecular formula is C10H27Cl4N2PSi3. The molecule has 0 spiro atoms. The molecule has 0 aromatic rings. The number of nitrogens with zero attached hydrogens (tertiary/aromatic N) is 2. The fraction of sp³-hybridized carbons (Fsp3) is 1.00. The predicted molar refractivity (Wildman–Crippen MR) is 107 cm³/mol. The van der Waals surface area contributed by atoms with E-state index in [1.54, 1.807) is 0 Å². The van der Waals surface area contributed by atoms with Crippen molar-refractivity contribution in [2.75, 3.05) is 0 Å². The van der Waals surface area contributed by atoms with E-state index in [1.807, 2.05) is 0 Å². The van der Waals surface area contributed by atoms with E-state index in [-0.39, 0.29) is 0 Å². The fourth-order valence-electron chi connectivity index (χ4n) is 2.41. The van der Waals surface area contributed by atoms with Gasteiger partial charge in [-0.2, -0.15) is 0 Å². The molecule has 0 N–H and O–H groups in total. The first-order valence-electron chi connectivity index (χ1n) is 6.53. The SMILES string of the molecule is C[Si](C)(C)N=P(Cl)(N([Si](C)(C)C)[Si](C)(C)C)C(Cl)(Cl)Cl. The molecule has 20 heavy (non-hydrogen) atoms. The number of hydrogen-bond acceptors (Lipinski definition) is 1. The molecule has 0 saturated heterocycles. The Morgan fingerprint density at radius 2 is 1.10 bits per heavy atom. The zero-order chi connectivity index (χ0) is 16.8. The van der Waals surface area contributed by atoms with Gasteiger partial charge in [-0.05, 0) is 19.6 Å². The Morgan fingerprint density at radius 1 is 0.800 bits per heavy atom. The van der Waals surface area contributed by atoms with Gasteiger partial charge in [0, 0.05) is 0 Å². The van der Waals surface area contributed by atoms with Crippen LogP contribution in [-0.4, -0.2) is 32.2 Å². The minimum Gasteiger partial charge on any atom is -0.310 e. The van der Waals surface area contributed by atoms with Gasteiger partial charge in [0.1, 0.15) is 23.0 Å². The van der Waals surface area contributed by atoms with E-state index in [0.717, 1.165) is 0 Å². The summed E-state index contributed by atoms with van der Waals surface area (Å²) in [5, 5.41) is 0. The van der Waals surface area contributed by atoms with Crippen molar-refractivity contribution in [2.45, 2.75) is 62.5 Å². The van der Waals surface area contributed by atoms with Crippen molar-refractivity contribution < 1.29 is 0 Å². The summed E-state index contributed by atoms with van der Waals surface area (Å²) in [5.41, 5.74) is 0. The first-order valence-corrected chi connectivity index (χ1v) is 20.6. The van der Waals surface area contributed by atoms with Gasteiger partial charge >= 0.3 is 0 Å². The molecule has 0 rings (SSSR count). The second-order valence-corrected chi connectivity index (χ2v) is 30.4. The van der Waals surface area contributed by atoms with E-state index < -0.39 is 34.8 Å². The summed E-state index contributed by atoms with van der Waals surface area (Å²) in [4.78, 5) is 0. The van der Waals surface area contributed by atoms with Crippen molar-refractivity contribution >= 4 is 77.3 Å². The maximum atomic E-state index is 7.01. The summed E-state index contributed by atoms with van der Waals surface area (Å²) in [6.45, 7) is 17.2. The zero-order valence-corrected chi connectivity index (χ0v) is 20.8. The average Bonchev–Trinajstić information content (AvgIpc) is 1.89. The van der Waals surface area contributed by atoms with Gasteiger partial charge < -0.3 is 4.41 Å². The molecule has 10 heteroatoms. The van der Waals surface area contributed by atoms with Crippen LogP contribution < -0.4 is 0 Å². The highest BCUT2D eigenvalue weighted by atomic mass is 35.7. The van der Waals surface area contributed by atoms with E-state index in [9.17, 15) is 0 Å². The van der Waals surface area contributed by atoms with E-state index in [4.69, 9.17) is 50.5 Å². The van der Waals surface area contributed by atoms with Crippen LogP contribution in [0.4, 0.5) is 0 Å². The minimum absolute atomic E-state index is 1.55. The second-order valence-electron chi connectivity index (χ2n) is 7.92. The lowest BCUT2D eigenvalue weighted by molar-refractivity contribution is 0.963. The predicted octanol–water partition coefficient (Wildman–Crippen LogP) is 7.39. The molecule has 0 saturated carbocycles. The Bertz CT molecular complexity index is 391. The van der Waals surface area contributed by atoms with Gasteiger partial charge in [-0.1, -0.05) is 85.3 Å². The van der Waals surface area contributed by atoms with Crippen LogP contribution in [0.1, 0.15) is 0 Å². The Balaban J connectivity index is 6.48. The molecule has 0 aromatic heterocycles. The smallest absolute Gasteiger partial charge is 0.248 e. The maximum absolute atomic E-state index is 7.01. The van der Waals surface area contributed by atoms with Gasteiger partial charge in [-0.25, -0.2) is 0 Å². The topological polar surface area (TPSA) is 15.6 Å². The van der Waals surface area contributed by atoms with Crippen molar-refractivity contribution in [3.63, 3.8) is 0 Å². The molecule has 0 bridgehead atoms. The lowest BCUT2D eigenvalue weighted by Crippen LogP contribution is -2.57. The summed E-state index contributed by atoms with van der Waals surface area (Å²) in [6.07, 6.45) is 0. The quantitative estimate of drug-likeness (QED) is 0.257. The van der Waals surface area contributed by atoms with Crippen molar-refractivity contribution in [1.29, 1.82) is 0 Å². The molecule has 0 amide bonds. The first kappa shape index (κ1) is 22.0. The molecule has 2 nitrogen and oxygen atoms in total. The third-order valence-electron chi connectivity index (χ3n) is 2.29. The van der Waals surface area contributed by atoms with Crippen LogP contribution >= 0.6 is 52.6 Å². The lowest BCUT2D eigenvalue weighted by atomic mass is 11.8. The van der Waals surface area contributed by atoms with E-state index in [2.05, 4.69) is 62.9 Å². The highest BCUT2D eigenvalue weighted by Crippen LogP contribution is 2.76. The molecule has 1 unspecified atom stereocenters. The molecule has 0 aromatic carbocycles. The lowest BCUT2D eigenvalue weighted by Gasteiger charge is -2.51. The van der Waals surface area contributed by atoms with Crippen molar-refractivity contribution in [2.24, 2.45) is 4.41 Å². The Morgan fingerprint density at radius 3 is 1.25 bits per heavy atom. The molecule has 1 atom stereocenters. The van der Waals surface area contributed by atoms with Crippen LogP contribution in [0.5, 0.6) is 0 Å². The highest BCUT2D eigenvalue weighted by molar-refractivity contribution is 7.97. The summed E-state index contributed by atoms with van der Waals surface area (Å²) in [5.74, 6) is 0. The van der Waals surface area contributed by atoms with Crippen LogP contribution in [-0.2, 0) is 0 Å². The molecule has 0 aliphatic heterocycles. The second kappa shape index (κ2) is 6.48. The Kier molecular flexibility index (Phi) is 7.13. The summed E-state index contributed by atoms with van der Waals surface area (Å²) >= 11 is 26.0. The number of alkyl halides is 3. The number of halogens is 4. The third-order valence-corrected chi connectivity index (χ3v) is 24.4. The molecule has 0 aliphatic rings. The number of hydrogen-bond donors (Lipinski definition) is 0. The molecule has 0 fully saturated rings. The van der Waals surface area contributed by atoms with Gasteiger partial charge in [0.15, 0.2) is 8.24 Å². The molecule has 122 valence electrons. The van der Waals surface area contributed by atoms with Crippen molar-refractivity contribution in [3.8, 4) is 0 Å². The van der Waals surface area contributed by atoms with Gasteiger partial charge in [-0.3, -0.25) is 4.00 Å². The van der Waals surface area contributed by atoms with Crippen LogP contribution in [0.3, 0.4) is 0 Å².